The zero-order chi connectivity index (χ0) is 19.6. The lowest BCUT2D eigenvalue weighted by molar-refractivity contribution is 0.0636. The molecule has 27 heavy (non-hydrogen) atoms. The van der Waals surface area contributed by atoms with E-state index < -0.39 is 11.7 Å². The van der Waals surface area contributed by atoms with Crippen LogP contribution < -0.4 is 5.32 Å². The zero-order valence-electron chi connectivity index (χ0n) is 16.7. The van der Waals surface area contributed by atoms with E-state index in [1.807, 2.05) is 45.0 Å². The maximum atomic E-state index is 12.4. The Balaban J connectivity index is 2.21. The Kier molecular flexibility index (Phi) is 5.22. The normalized spacial score (nSPS) is 11.4. The maximum absolute atomic E-state index is 12.4. The second kappa shape index (κ2) is 7.43. The van der Waals surface area contributed by atoms with Crippen molar-refractivity contribution in [3.8, 4) is 11.1 Å². The van der Waals surface area contributed by atoms with Crippen LogP contribution in [0.3, 0.4) is 0 Å². The first-order valence-corrected chi connectivity index (χ1v) is 9.40. The Hall–Kier alpha value is -2.81. The maximum Gasteiger partial charge on any atom is 0.412 e. The predicted molar refractivity (Wildman–Crippen MR) is 113 cm³/mol. The average molecular weight is 361 g/mol. The summed E-state index contributed by atoms with van der Waals surface area (Å²) in [4.78, 5) is 12.4. The third-order valence-corrected chi connectivity index (χ3v) is 4.45. The minimum Gasteiger partial charge on any atom is -0.444 e. The highest BCUT2D eigenvalue weighted by atomic mass is 16.6. The zero-order valence-corrected chi connectivity index (χ0v) is 16.7. The SMILES string of the molecule is CCc1ccc(NC(=O)OC(C)(C)C)c2c(-c3ccccc3)cc(C)cc12. The molecule has 3 heteroatoms. The molecule has 0 saturated carbocycles. The monoisotopic (exact) mass is 361 g/mol. The standard InChI is InChI=1S/C24H27NO2/c1-6-17-12-13-21(25-23(26)27-24(3,4)5)22-19(17)14-16(2)15-20(22)18-10-8-7-9-11-18/h7-15H,6H2,1-5H3,(H,25,26). The molecule has 1 amide bonds. The van der Waals surface area contributed by atoms with Crippen molar-refractivity contribution in [1.82, 2.24) is 0 Å². The largest absolute Gasteiger partial charge is 0.444 e. The summed E-state index contributed by atoms with van der Waals surface area (Å²) in [6, 6.07) is 18.7. The quantitative estimate of drug-likeness (QED) is 0.562. The van der Waals surface area contributed by atoms with Gasteiger partial charge in [0, 0.05) is 5.39 Å². The molecule has 0 aliphatic carbocycles. The fourth-order valence-corrected chi connectivity index (χ4v) is 3.36. The van der Waals surface area contributed by atoms with E-state index in [0.29, 0.717) is 0 Å². The van der Waals surface area contributed by atoms with Gasteiger partial charge in [-0.3, -0.25) is 5.32 Å². The van der Waals surface area contributed by atoms with Crippen LogP contribution in [0.15, 0.2) is 54.6 Å². The molecule has 3 rings (SSSR count). The minimum absolute atomic E-state index is 0.437. The smallest absolute Gasteiger partial charge is 0.412 e. The topological polar surface area (TPSA) is 38.3 Å². The molecule has 3 aromatic carbocycles. The molecule has 0 saturated heterocycles. The van der Waals surface area contributed by atoms with Crippen LogP contribution in [0.25, 0.3) is 21.9 Å². The van der Waals surface area contributed by atoms with Crippen LogP contribution >= 0.6 is 0 Å². The molecule has 0 aliphatic rings. The van der Waals surface area contributed by atoms with Crippen molar-refractivity contribution in [2.75, 3.05) is 5.32 Å². The summed E-state index contributed by atoms with van der Waals surface area (Å²) in [5.41, 5.74) is 4.95. The summed E-state index contributed by atoms with van der Waals surface area (Å²) < 4.78 is 5.47. The number of fused-ring (bicyclic) bond motifs is 1. The lowest BCUT2D eigenvalue weighted by Crippen LogP contribution is -2.27. The third-order valence-electron chi connectivity index (χ3n) is 4.45. The number of rotatable bonds is 3. The molecule has 0 aromatic heterocycles. The first kappa shape index (κ1) is 19.0. The van der Waals surface area contributed by atoms with Gasteiger partial charge in [0.15, 0.2) is 0 Å². The number of ether oxygens (including phenoxy) is 1. The highest BCUT2D eigenvalue weighted by Gasteiger charge is 2.19. The number of anilines is 1. The first-order chi connectivity index (χ1) is 12.8. The van der Waals surface area contributed by atoms with Crippen molar-refractivity contribution in [2.45, 2.75) is 46.6 Å². The summed E-state index contributed by atoms with van der Waals surface area (Å²) >= 11 is 0. The molecule has 3 aromatic rings. The third kappa shape index (κ3) is 4.30. The molecule has 0 heterocycles. The van der Waals surface area contributed by atoms with Gasteiger partial charge in [-0.05, 0) is 67.8 Å². The van der Waals surface area contributed by atoms with Crippen molar-refractivity contribution < 1.29 is 9.53 Å². The fraction of sp³-hybridized carbons (Fsp3) is 0.292. The average Bonchev–Trinajstić information content (AvgIpc) is 2.60. The van der Waals surface area contributed by atoms with Crippen molar-refractivity contribution in [1.29, 1.82) is 0 Å². The van der Waals surface area contributed by atoms with E-state index in [1.54, 1.807) is 0 Å². The van der Waals surface area contributed by atoms with E-state index >= 15 is 0 Å². The Morgan fingerprint density at radius 3 is 2.37 bits per heavy atom. The van der Waals surface area contributed by atoms with Gasteiger partial charge in [0.25, 0.3) is 0 Å². The van der Waals surface area contributed by atoms with E-state index in [-0.39, 0.29) is 0 Å². The molecule has 0 unspecified atom stereocenters. The number of hydrogen-bond acceptors (Lipinski definition) is 2. The number of nitrogens with one attached hydrogen (secondary N) is 1. The van der Waals surface area contributed by atoms with Crippen molar-refractivity contribution in [2.24, 2.45) is 0 Å². The Labute approximate surface area is 161 Å². The van der Waals surface area contributed by atoms with Gasteiger partial charge < -0.3 is 4.74 Å². The lowest BCUT2D eigenvalue weighted by atomic mass is 9.91. The van der Waals surface area contributed by atoms with Gasteiger partial charge in [-0.15, -0.1) is 0 Å². The molecule has 0 aliphatic heterocycles. The molecule has 0 atom stereocenters. The van der Waals surface area contributed by atoms with Gasteiger partial charge in [-0.1, -0.05) is 55.5 Å². The van der Waals surface area contributed by atoms with Gasteiger partial charge in [-0.25, -0.2) is 4.79 Å². The van der Waals surface area contributed by atoms with Crippen LogP contribution in [0.2, 0.25) is 0 Å². The molecule has 0 spiro atoms. The second-order valence-corrected chi connectivity index (χ2v) is 7.85. The van der Waals surface area contributed by atoms with Gasteiger partial charge in [0.1, 0.15) is 5.60 Å². The summed E-state index contributed by atoms with van der Waals surface area (Å²) in [5.74, 6) is 0. The molecular weight excluding hydrogens is 334 g/mol. The highest BCUT2D eigenvalue weighted by Crippen LogP contribution is 2.37. The van der Waals surface area contributed by atoms with Gasteiger partial charge in [0.2, 0.25) is 0 Å². The molecule has 140 valence electrons. The first-order valence-electron chi connectivity index (χ1n) is 9.40. The predicted octanol–water partition coefficient (Wildman–Crippen LogP) is 6.72. The van der Waals surface area contributed by atoms with E-state index in [4.69, 9.17) is 4.74 Å². The Morgan fingerprint density at radius 2 is 1.74 bits per heavy atom. The Morgan fingerprint density at radius 1 is 1.04 bits per heavy atom. The van der Waals surface area contributed by atoms with Gasteiger partial charge in [-0.2, -0.15) is 0 Å². The molecular formula is C24H27NO2. The number of carbonyl (C=O) groups excluding carboxylic acids is 1. The summed E-state index contributed by atoms with van der Waals surface area (Å²) in [6.07, 6.45) is 0.494. The van der Waals surface area contributed by atoms with Crippen LogP contribution in [0, 0.1) is 6.92 Å². The van der Waals surface area contributed by atoms with Crippen molar-refractivity contribution >= 4 is 22.6 Å². The minimum atomic E-state index is -0.540. The molecule has 3 nitrogen and oxygen atoms in total. The lowest BCUT2D eigenvalue weighted by Gasteiger charge is -2.21. The number of carbonyl (C=O) groups is 1. The van der Waals surface area contributed by atoms with Gasteiger partial charge >= 0.3 is 6.09 Å². The van der Waals surface area contributed by atoms with Crippen LogP contribution in [0.5, 0.6) is 0 Å². The van der Waals surface area contributed by atoms with E-state index in [2.05, 4.69) is 49.5 Å². The summed E-state index contributed by atoms with van der Waals surface area (Å²) in [7, 11) is 0. The van der Waals surface area contributed by atoms with Crippen LogP contribution in [-0.4, -0.2) is 11.7 Å². The number of hydrogen-bond donors (Lipinski definition) is 1. The van der Waals surface area contributed by atoms with Gasteiger partial charge in [0.05, 0.1) is 5.69 Å². The molecule has 0 fully saturated rings. The number of benzene rings is 3. The Bertz CT molecular complexity index is 969. The van der Waals surface area contributed by atoms with E-state index in [9.17, 15) is 4.79 Å². The van der Waals surface area contributed by atoms with Crippen molar-refractivity contribution in [3.63, 3.8) is 0 Å². The summed E-state index contributed by atoms with van der Waals surface area (Å²) in [5, 5.41) is 5.19. The fourth-order valence-electron chi connectivity index (χ4n) is 3.36. The van der Waals surface area contributed by atoms with Crippen LogP contribution in [-0.2, 0) is 11.2 Å². The molecule has 0 radical (unpaired) electrons. The van der Waals surface area contributed by atoms with Crippen LogP contribution in [0.1, 0.15) is 38.8 Å². The van der Waals surface area contributed by atoms with E-state index in [1.165, 1.54) is 16.5 Å². The molecule has 0 bridgehead atoms. The van der Waals surface area contributed by atoms with E-state index in [0.717, 1.165) is 28.6 Å². The highest BCUT2D eigenvalue weighted by molar-refractivity contribution is 6.09. The number of aryl methyl sites for hydroxylation is 2. The van der Waals surface area contributed by atoms with Crippen LogP contribution in [0.4, 0.5) is 10.5 Å². The van der Waals surface area contributed by atoms with Crippen molar-refractivity contribution in [3.05, 3.63) is 65.7 Å². The second-order valence-electron chi connectivity index (χ2n) is 7.85. The summed E-state index contributed by atoms with van der Waals surface area (Å²) in [6.45, 7) is 9.86. The number of amides is 1. The molecule has 1 N–H and O–H groups in total.